The van der Waals surface area contributed by atoms with Crippen LogP contribution in [0, 0.1) is 19.8 Å². The molecular weight excluding hydrogens is 324 g/mol. The molecule has 26 heavy (non-hydrogen) atoms. The molecule has 2 N–H and O–H groups in total. The number of carbonyl (C=O) groups excluding carboxylic acids is 2. The van der Waals surface area contributed by atoms with Crippen LogP contribution in [0.3, 0.4) is 0 Å². The van der Waals surface area contributed by atoms with Gasteiger partial charge in [-0.1, -0.05) is 54.1 Å². The first-order valence-corrected chi connectivity index (χ1v) is 9.17. The van der Waals surface area contributed by atoms with Gasteiger partial charge in [0, 0.05) is 11.5 Å². The van der Waals surface area contributed by atoms with Gasteiger partial charge in [0.15, 0.2) is 5.78 Å². The van der Waals surface area contributed by atoms with Gasteiger partial charge >= 0.3 is 0 Å². The Bertz CT molecular complexity index is 793. The molecule has 136 valence electrons. The number of nitrogens with two attached hydrogens (primary N) is 1. The first-order chi connectivity index (χ1) is 12.5. The molecule has 0 saturated carbocycles. The maximum absolute atomic E-state index is 12.9. The van der Waals surface area contributed by atoms with Crippen molar-refractivity contribution in [1.29, 1.82) is 0 Å². The molecule has 4 nitrogen and oxygen atoms in total. The van der Waals surface area contributed by atoms with Crippen LogP contribution in [0.4, 0.5) is 0 Å². The van der Waals surface area contributed by atoms with Gasteiger partial charge in [0.25, 0.3) is 0 Å². The van der Waals surface area contributed by atoms with Crippen molar-refractivity contribution in [2.24, 2.45) is 11.7 Å². The quantitative estimate of drug-likeness (QED) is 0.841. The van der Waals surface area contributed by atoms with Gasteiger partial charge in [-0.3, -0.25) is 14.5 Å². The average Bonchev–Trinajstić information content (AvgIpc) is 2.62. The second kappa shape index (κ2) is 7.83. The number of likely N-dealkylation sites (tertiary alicyclic amines) is 1. The van der Waals surface area contributed by atoms with E-state index >= 15 is 0 Å². The normalized spacial score (nSPS) is 17.0. The molecule has 0 bridgehead atoms. The largest absolute Gasteiger partial charge is 0.368 e. The Labute approximate surface area is 155 Å². The smallest absolute Gasteiger partial charge is 0.239 e. The molecule has 1 amide bonds. The maximum atomic E-state index is 12.9. The fraction of sp³-hybridized carbons (Fsp3) is 0.364. The summed E-state index contributed by atoms with van der Waals surface area (Å²) in [5.74, 6) is -0.107. The minimum absolute atomic E-state index is 0.0111. The molecule has 0 spiro atoms. The SMILES string of the molecule is Cc1ccc(C(=O)C2CCN([C@@H](C(N)=O)c3ccccc3)CC2)c(C)c1. The molecule has 2 aromatic carbocycles. The minimum Gasteiger partial charge on any atom is -0.368 e. The van der Waals surface area contributed by atoms with Crippen LogP contribution in [0.25, 0.3) is 0 Å². The fourth-order valence-corrected chi connectivity index (χ4v) is 3.92. The molecule has 0 aliphatic carbocycles. The molecule has 1 saturated heterocycles. The summed E-state index contributed by atoms with van der Waals surface area (Å²) in [5, 5.41) is 0. The molecule has 1 aliphatic heterocycles. The number of hydrogen-bond acceptors (Lipinski definition) is 3. The van der Waals surface area contributed by atoms with Gasteiger partial charge in [0.2, 0.25) is 5.91 Å². The number of hydrogen-bond donors (Lipinski definition) is 1. The zero-order valence-corrected chi connectivity index (χ0v) is 15.4. The van der Waals surface area contributed by atoms with Crippen LogP contribution in [-0.2, 0) is 4.79 Å². The first kappa shape index (κ1) is 18.3. The number of piperidine rings is 1. The Balaban J connectivity index is 1.70. The first-order valence-electron chi connectivity index (χ1n) is 9.17. The van der Waals surface area contributed by atoms with E-state index in [9.17, 15) is 9.59 Å². The van der Waals surface area contributed by atoms with E-state index in [-0.39, 0.29) is 17.6 Å². The van der Waals surface area contributed by atoms with E-state index in [0.29, 0.717) is 13.1 Å². The minimum atomic E-state index is -0.423. The highest BCUT2D eigenvalue weighted by Gasteiger charge is 2.32. The standard InChI is InChI=1S/C22H26N2O2/c1-15-8-9-19(16(2)14-15)21(25)18-10-12-24(13-11-18)20(22(23)26)17-6-4-3-5-7-17/h3-9,14,18,20H,10-13H2,1-2H3,(H2,23,26)/t20-/m1/s1. The van der Waals surface area contributed by atoms with Gasteiger partial charge in [-0.15, -0.1) is 0 Å². The Morgan fingerprint density at radius 3 is 2.27 bits per heavy atom. The number of primary amides is 1. The maximum Gasteiger partial charge on any atom is 0.239 e. The van der Waals surface area contributed by atoms with Crippen LogP contribution >= 0.6 is 0 Å². The second-order valence-corrected chi connectivity index (χ2v) is 7.21. The number of carbonyl (C=O) groups is 2. The van der Waals surface area contributed by atoms with Crippen LogP contribution < -0.4 is 5.73 Å². The molecule has 0 unspecified atom stereocenters. The van der Waals surface area contributed by atoms with Crippen LogP contribution in [0.15, 0.2) is 48.5 Å². The summed E-state index contributed by atoms with van der Waals surface area (Å²) in [6.07, 6.45) is 1.51. The molecule has 0 radical (unpaired) electrons. The Morgan fingerprint density at radius 2 is 1.69 bits per heavy atom. The van der Waals surface area contributed by atoms with Crippen molar-refractivity contribution >= 4 is 11.7 Å². The van der Waals surface area contributed by atoms with E-state index in [1.165, 1.54) is 5.56 Å². The lowest BCUT2D eigenvalue weighted by Crippen LogP contribution is -2.43. The molecule has 2 aromatic rings. The highest BCUT2D eigenvalue weighted by Crippen LogP contribution is 2.29. The van der Waals surface area contributed by atoms with E-state index in [1.54, 1.807) is 0 Å². The monoisotopic (exact) mass is 350 g/mol. The van der Waals surface area contributed by atoms with Gasteiger partial charge in [0.05, 0.1) is 0 Å². The predicted octanol–water partition coefficient (Wildman–Crippen LogP) is 3.42. The van der Waals surface area contributed by atoms with E-state index in [4.69, 9.17) is 5.73 Å². The summed E-state index contributed by atoms with van der Waals surface area (Å²) in [6, 6.07) is 15.2. The number of Topliss-reactive ketones (excluding diaryl/α,β-unsaturated/α-hetero) is 1. The zero-order chi connectivity index (χ0) is 18.7. The summed E-state index contributed by atoms with van der Waals surface area (Å²) >= 11 is 0. The number of ketones is 1. The van der Waals surface area contributed by atoms with E-state index in [2.05, 4.69) is 11.0 Å². The summed E-state index contributed by atoms with van der Waals surface area (Å²) in [7, 11) is 0. The third kappa shape index (κ3) is 3.86. The number of aryl methyl sites for hydroxylation is 2. The Hall–Kier alpha value is -2.46. The molecule has 1 heterocycles. The van der Waals surface area contributed by atoms with E-state index in [1.807, 2.05) is 56.3 Å². The number of amides is 1. The van der Waals surface area contributed by atoms with Gasteiger partial charge in [0.1, 0.15) is 6.04 Å². The zero-order valence-electron chi connectivity index (χ0n) is 15.4. The van der Waals surface area contributed by atoms with Crippen molar-refractivity contribution in [2.45, 2.75) is 32.7 Å². The van der Waals surface area contributed by atoms with Gasteiger partial charge < -0.3 is 5.73 Å². The molecular formula is C22H26N2O2. The van der Waals surface area contributed by atoms with Crippen molar-refractivity contribution in [3.63, 3.8) is 0 Å². The van der Waals surface area contributed by atoms with Crippen LogP contribution in [-0.4, -0.2) is 29.7 Å². The predicted molar refractivity (Wildman–Crippen MR) is 103 cm³/mol. The lowest BCUT2D eigenvalue weighted by atomic mass is 9.86. The van der Waals surface area contributed by atoms with Crippen molar-refractivity contribution < 1.29 is 9.59 Å². The fourth-order valence-electron chi connectivity index (χ4n) is 3.92. The Morgan fingerprint density at radius 1 is 1.04 bits per heavy atom. The number of rotatable bonds is 5. The number of nitrogens with zero attached hydrogens (tertiary/aromatic N) is 1. The van der Waals surface area contributed by atoms with Crippen molar-refractivity contribution in [3.05, 3.63) is 70.8 Å². The van der Waals surface area contributed by atoms with Crippen molar-refractivity contribution in [1.82, 2.24) is 4.90 Å². The molecule has 1 fully saturated rings. The summed E-state index contributed by atoms with van der Waals surface area (Å²) in [6.45, 7) is 5.43. The molecule has 3 rings (SSSR count). The van der Waals surface area contributed by atoms with Crippen molar-refractivity contribution in [2.75, 3.05) is 13.1 Å². The number of benzene rings is 2. The molecule has 1 atom stereocenters. The van der Waals surface area contributed by atoms with E-state index < -0.39 is 6.04 Å². The van der Waals surface area contributed by atoms with Crippen molar-refractivity contribution in [3.8, 4) is 0 Å². The van der Waals surface area contributed by atoms with Gasteiger partial charge in [-0.2, -0.15) is 0 Å². The lowest BCUT2D eigenvalue weighted by Gasteiger charge is -2.36. The van der Waals surface area contributed by atoms with Crippen LogP contribution in [0.1, 0.15) is 45.9 Å². The summed E-state index contributed by atoms with van der Waals surface area (Å²) in [4.78, 5) is 27.0. The van der Waals surface area contributed by atoms with Gasteiger partial charge in [-0.05, 0) is 50.9 Å². The average molecular weight is 350 g/mol. The van der Waals surface area contributed by atoms with Crippen LogP contribution in [0.5, 0.6) is 0 Å². The summed E-state index contributed by atoms with van der Waals surface area (Å²) < 4.78 is 0. The third-order valence-electron chi connectivity index (χ3n) is 5.30. The third-order valence-corrected chi connectivity index (χ3v) is 5.30. The summed E-state index contributed by atoms with van der Waals surface area (Å²) in [5.41, 5.74) is 9.62. The van der Waals surface area contributed by atoms with Crippen LogP contribution in [0.2, 0.25) is 0 Å². The van der Waals surface area contributed by atoms with E-state index in [0.717, 1.165) is 29.5 Å². The second-order valence-electron chi connectivity index (χ2n) is 7.21. The highest BCUT2D eigenvalue weighted by molar-refractivity contribution is 5.99. The molecule has 4 heteroatoms. The topological polar surface area (TPSA) is 63.4 Å². The lowest BCUT2D eigenvalue weighted by molar-refractivity contribution is -0.124. The molecule has 0 aromatic heterocycles. The Kier molecular flexibility index (Phi) is 5.52. The highest BCUT2D eigenvalue weighted by atomic mass is 16.1. The molecule has 1 aliphatic rings. The van der Waals surface area contributed by atoms with Gasteiger partial charge in [-0.25, -0.2) is 0 Å².